The highest BCUT2D eigenvalue weighted by molar-refractivity contribution is 5.17. The van der Waals surface area contributed by atoms with Gasteiger partial charge in [-0.2, -0.15) is 0 Å². The Morgan fingerprint density at radius 1 is 1.60 bits per heavy atom. The summed E-state index contributed by atoms with van der Waals surface area (Å²) in [5.74, 6) is 1.02. The fourth-order valence-corrected chi connectivity index (χ4v) is 1.63. The molecule has 0 bridgehead atoms. The molecule has 0 aliphatic heterocycles. The van der Waals surface area contributed by atoms with Crippen LogP contribution in [0.15, 0.2) is 28.9 Å². The van der Waals surface area contributed by atoms with Crippen LogP contribution < -0.4 is 5.32 Å². The van der Waals surface area contributed by atoms with Crippen molar-refractivity contribution < 1.29 is 4.42 Å². The Labute approximate surface area is 91.8 Å². The average Bonchev–Trinajstić information content (AvgIpc) is 2.52. The highest BCUT2D eigenvalue weighted by atomic mass is 16.3. The molecule has 0 aliphatic carbocycles. The lowest BCUT2D eigenvalue weighted by molar-refractivity contribution is 0.350. The normalized spacial score (nSPS) is 10.9. The molecule has 0 aromatic carbocycles. The molecule has 0 radical (unpaired) electrons. The number of hydrogen-bond acceptors (Lipinski definition) is 3. The van der Waals surface area contributed by atoms with E-state index in [0.29, 0.717) is 0 Å². The van der Waals surface area contributed by atoms with E-state index in [-0.39, 0.29) is 0 Å². The van der Waals surface area contributed by atoms with Crippen LogP contribution >= 0.6 is 0 Å². The van der Waals surface area contributed by atoms with Crippen LogP contribution in [0.2, 0.25) is 0 Å². The van der Waals surface area contributed by atoms with Crippen molar-refractivity contribution in [3.63, 3.8) is 0 Å². The van der Waals surface area contributed by atoms with E-state index in [1.807, 2.05) is 20.0 Å². The molecule has 0 saturated heterocycles. The number of likely N-dealkylation sites (N-methyl/N-ethyl adjacent to an activating group) is 1. The van der Waals surface area contributed by atoms with Gasteiger partial charge in [0.15, 0.2) is 0 Å². The summed E-state index contributed by atoms with van der Waals surface area (Å²) in [7, 11) is 4.01. The fourth-order valence-electron chi connectivity index (χ4n) is 1.63. The predicted octanol–water partition coefficient (Wildman–Crippen LogP) is 2.01. The average molecular weight is 208 g/mol. The quantitative estimate of drug-likeness (QED) is 0.725. The fraction of sp³-hybridized carbons (Fsp3) is 0.500. The van der Waals surface area contributed by atoms with Crippen molar-refractivity contribution >= 4 is 0 Å². The maximum absolute atomic E-state index is 5.40. The van der Waals surface area contributed by atoms with Gasteiger partial charge in [-0.3, -0.25) is 4.90 Å². The Morgan fingerprint density at radius 2 is 2.33 bits per heavy atom. The van der Waals surface area contributed by atoms with Gasteiger partial charge in [0, 0.05) is 18.7 Å². The van der Waals surface area contributed by atoms with Crippen LogP contribution in [-0.2, 0) is 13.1 Å². The summed E-state index contributed by atoms with van der Waals surface area (Å²) in [6, 6.07) is 2.03. The molecule has 3 nitrogen and oxygen atoms in total. The summed E-state index contributed by atoms with van der Waals surface area (Å²) in [6.45, 7) is 8.55. The van der Waals surface area contributed by atoms with Gasteiger partial charge >= 0.3 is 0 Å². The van der Waals surface area contributed by atoms with Gasteiger partial charge in [-0.05, 0) is 27.1 Å². The van der Waals surface area contributed by atoms with E-state index < -0.39 is 0 Å². The Kier molecular flexibility index (Phi) is 4.59. The molecule has 0 aliphatic rings. The van der Waals surface area contributed by atoms with Crippen LogP contribution in [-0.4, -0.2) is 25.5 Å². The minimum Gasteiger partial charge on any atom is -0.468 e. The summed E-state index contributed by atoms with van der Waals surface area (Å²) in [6.07, 6.45) is 1.75. The summed E-state index contributed by atoms with van der Waals surface area (Å²) in [5, 5.41) is 3.09. The maximum Gasteiger partial charge on any atom is 0.122 e. The van der Waals surface area contributed by atoms with Crippen LogP contribution in [0.25, 0.3) is 0 Å². The highest BCUT2D eigenvalue weighted by Crippen LogP contribution is 2.12. The Bertz CT molecular complexity index is 317. The van der Waals surface area contributed by atoms with Crippen LogP contribution in [0.4, 0.5) is 0 Å². The summed E-state index contributed by atoms with van der Waals surface area (Å²) in [5.41, 5.74) is 2.42. The molecule has 1 heterocycles. The van der Waals surface area contributed by atoms with E-state index in [1.165, 1.54) is 11.1 Å². The molecule has 0 amide bonds. The van der Waals surface area contributed by atoms with Crippen LogP contribution in [0.5, 0.6) is 0 Å². The molecular formula is C12H20N2O. The number of hydrogen-bond donors (Lipinski definition) is 1. The van der Waals surface area contributed by atoms with E-state index >= 15 is 0 Å². The summed E-state index contributed by atoms with van der Waals surface area (Å²) < 4.78 is 5.40. The third-order valence-corrected chi connectivity index (χ3v) is 2.16. The highest BCUT2D eigenvalue weighted by Gasteiger charge is 2.07. The number of furan rings is 1. The molecule has 0 unspecified atom stereocenters. The Morgan fingerprint density at radius 3 is 2.93 bits per heavy atom. The van der Waals surface area contributed by atoms with Crippen LogP contribution in [0.1, 0.15) is 18.2 Å². The molecule has 1 rings (SSSR count). The number of nitrogens with zero attached hydrogens (tertiary/aromatic N) is 1. The first-order valence-corrected chi connectivity index (χ1v) is 5.16. The molecule has 0 atom stereocenters. The second-order valence-electron chi connectivity index (χ2n) is 4.03. The van der Waals surface area contributed by atoms with Crippen LogP contribution in [0, 0.1) is 0 Å². The molecule has 0 spiro atoms. The second kappa shape index (κ2) is 5.73. The third-order valence-electron chi connectivity index (χ3n) is 2.16. The molecule has 84 valence electrons. The zero-order valence-corrected chi connectivity index (χ0v) is 9.84. The van der Waals surface area contributed by atoms with E-state index in [0.717, 1.165) is 25.4 Å². The zero-order chi connectivity index (χ0) is 11.3. The van der Waals surface area contributed by atoms with E-state index in [9.17, 15) is 0 Å². The second-order valence-corrected chi connectivity index (χ2v) is 4.03. The maximum atomic E-state index is 5.40. The van der Waals surface area contributed by atoms with Gasteiger partial charge in [0.05, 0.1) is 12.8 Å². The molecule has 1 aromatic rings. The topological polar surface area (TPSA) is 28.4 Å². The first kappa shape index (κ1) is 12.0. The van der Waals surface area contributed by atoms with Gasteiger partial charge in [0.1, 0.15) is 5.76 Å². The van der Waals surface area contributed by atoms with E-state index in [1.54, 1.807) is 6.26 Å². The molecule has 3 heteroatoms. The van der Waals surface area contributed by atoms with Crippen molar-refractivity contribution in [3.8, 4) is 0 Å². The number of nitrogens with one attached hydrogen (secondary N) is 1. The smallest absolute Gasteiger partial charge is 0.122 e. The van der Waals surface area contributed by atoms with Crippen molar-refractivity contribution in [2.45, 2.75) is 20.0 Å². The van der Waals surface area contributed by atoms with Gasteiger partial charge in [0.25, 0.3) is 0 Å². The van der Waals surface area contributed by atoms with E-state index in [2.05, 4.69) is 23.8 Å². The summed E-state index contributed by atoms with van der Waals surface area (Å²) in [4.78, 5) is 2.23. The predicted molar refractivity (Wildman–Crippen MR) is 62.6 cm³/mol. The molecule has 0 fully saturated rings. The van der Waals surface area contributed by atoms with Crippen molar-refractivity contribution in [3.05, 3.63) is 35.8 Å². The van der Waals surface area contributed by atoms with Gasteiger partial charge in [-0.15, -0.1) is 0 Å². The number of rotatable bonds is 6. The first-order chi connectivity index (χ1) is 7.13. The SMILES string of the molecule is C=C(C)CN(C)Cc1ccoc1CNC. The summed E-state index contributed by atoms with van der Waals surface area (Å²) >= 11 is 0. The lowest BCUT2D eigenvalue weighted by atomic mass is 10.2. The Balaban J connectivity index is 2.55. The largest absolute Gasteiger partial charge is 0.468 e. The molecule has 1 N–H and O–H groups in total. The minimum atomic E-state index is 0.781. The molecule has 15 heavy (non-hydrogen) atoms. The zero-order valence-electron chi connectivity index (χ0n) is 9.84. The van der Waals surface area contributed by atoms with Crippen LogP contribution in [0.3, 0.4) is 0 Å². The van der Waals surface area contributed by atoms with Gasteiger partial charge in [0.2, 0.25) is 0 Å². The minimum absolute atomic E-state index is 0.781. The molecule has 1 aromatic heterocycles. The van der Waals surface area contributed by atoms with E-state index in [4.69, 9.17) is 4.42 Å². The first-order valence-electron chi connectivity index (χ1n) is 5.16. The standard InChI is InChI=1S/C12H20N2O/c1-10(2)8-14(4)9-11-5-6-15-12(11)7-13-3/h5-6,13H,1,7-9H2,2-4H3. The van der Waals surface area contributed by atoms with Gasteiger partial charge < -0.3 is 9.73 Å². The molecular weight excluding hydrogens is 188 g/mol. The molecule has 0 saturated carbocycles. The Hall–Kier alpha value is -1.06. The van der Waals surface area contributed by atoms with Crippen molar-refractivity contribution in [2.24, 2.45) is 0 Å². The van der Waals surface area contributed by atoms with Crippen molar-refractivity contribution in [1.82, 2.24) is 10.2 Å². The third kappa shape index (κ3) is 3.90. The lowest BCUT2D eigenvalue weighted by Gasteiger charge is -2.16. The van der Waals surface area contributed by atoms with Crippen molar-refractivity contribution in [1.29, 1.82) is 0 Å². The lowest BCUT2D eigenvalue weighted by Crippen LogP contribution is -2.20. The van der Waals surface area contributed by atoms with Crippen molar-refractivity contribution in [2.75, 3.05) is 20.6 Å². The monoisotopic (exact) mass is 208 g/mol. The van der Waals surface area contributed by atoms with Gasteiger partial charge in [-0.25, -0.2) is 0 Å². The van der Waals surface area contributed by atoms with Gasteiger partial charge in [-0.1, -0.05) is 12.2 Å².